The van der Waals surface area contributed by atoms with Crippen LogP contribution in [0, 0.1) is 5.92 Å². The Bertz CT molecular complexity index is 1110. The third-order valence-electron chi connectivity index (χ3n) is 6.46. The molecule has 3 heterocycles. The number of likely N-dealkylation sites (tertiary alicyclic amines) is 1. The number of hydrogen-bond acceptors (Lipinski definition) is 8. The van der Waals surface area contributed by atoms with Crippen molar-refractivity contribution in [1.29, 1.82) is 0 Å². The molecule has 3 aromatic rings. The Labute approximate surface area is 184 Å². The molecule has 2 aliphatic rings. The number of imidazole rings is 1. The number of carbonyl (C=O) groups is 1. The summed E-state index contributed by atoms with van der Waals surface area (Å²) in [7, 11) is 0. The van der Waals surface area contributed by atoms with E-state index in [4.69, 9.17) is 0 Å². The summed E-state index contributed by atoms with van der Waals surface area (Å²) in [5.41, 5.74) is 2.15. The van der Waals surface area contributed by atoms with Crippen LogP contribution in [0.4, 0.5) is 5.95 Å². The zero-order valence-electron chi connectivity index (χ0n) is 17.4. The summed E-state index contributed by atoms with van der Waals surface area (Å²) in [4.78, 5) is 27.4. The smallest absolute Gasteiger partial charge is 0.225 e. The van der Waals surface area contributed by atoms with Crippen LogP contribution in [-0.2, 0) is 11.3 Å². The molecular weight excluding hydrogens is 412 g/mol. The molecule has 168 valence electrons. The van der Waals surface area contributed by atoms with Gasteiger partial charge in [-0.05, 0) is 12.0 Å². The van der Waals surface area contributed by atoms with E-state index in [9.17, 15) is 20.1 Å². The van der Waals surface area contributed by atoms with E-state index in [0.29, 0.717) is 43.0 Å². The molecule has 2 fully saturated rings. The van der Waals surface area contributed by atoms with Crippen molar-refractivity contribution in [2.75, 3.05) is 18.5 Å². The summed E-state index contributed by atoms with van der Waals surface area (Å²) in [5, 5.41) is 34.0. The van der Waals surface area contributed by atoms with E-state index in [-0.39, 0.29) is 18.6 Å². The van der Waals surface area contributed by atoms with Gasteiger partial charge in [-0.3, -0.25) is 9.36 Å². The molecule has 10 nitrogen and oxygen atoms in total. The molecule has 1 aliphatic carbocycles. The average molecular weight is 438 g/mol. The SMILES string of the molecule is O=C1C[C@H](Nc2nc3cncnc3n2C2CC(CO)C(O)C2O)CN1Cc1ccccc1. The summed E-state index contributed by atoms with van der Waals surface area (Å²) in [6.07, 6.45) is 1.61. The predicted molar refractivity (Wildman–Crippen MR) is 115 cm³/mol. The minimum atomic E-state index is -1.07. The number of aliphatic hydroxyl groups excluding tert-OH is 3. The van der Waals surface area contributed by atoms with Crippen LogP contribution < -0.4 is 5.32 Å². The van der Waals surface area contributed by atoms with E-state index in [1.807, 2.05) is 35.2 Å². The van der Waals surface area contributed by atoms with Gasteiger partial charge >= 0.3 is 0 Å². The minimum Gasteiger partial charge on any atom is -0.396 e. The van der Waals surface area contributed by atoms with Gasteiger partial charge in [0.1, 0.15) is 17.9 Å². The first kappa shape index (κ1) is 20.8. The van der Waals surface area contributed by atoms with Gasteiger partial charge in [-0.1, -0.05) is 30.3 Å². The summed E-state index contributed by atoms with van der Waals surface area (Å²) in [5.74, 6) is 0.0942. The summed E-state index contributed by atoms with van der Waals surface area (Å²) in [6, 6.07) is 9.18. The first-order chi connectivity index (χ1) is 15.5. The van der Waals surface area contributed by atoms with Crippen LogP contribution in [0.3, 0.4) is 0 Å². The van der Waals surface area contributed by atoms with Crippen LogP contribution in [0.1, 0.15) is 24.4 Å². The summed E-state index contributed by atoms with van der Waals surface area (Å²) >= 11 is 0. The molecule has 1 aliphatic heterocycles. The molecule has 0 radical (unpaired) electrons. The molecule has 1 aromatic carbocycles. The highest BCUT2D eigenvalue weighted by molar-refractivity contribution is 5.80. The molecule has 5 atom stereocenters. The number of aliphatic hydroxyl groups is 3. The Morgan fingerprint density at radius 3 is 2.72 bits per heavy atom. The quantitative estimate of drug-likeness (QED) is 0.432. The van der Waals surface area contributed by atoms with E-state index < -0.39 is 24.2 Å². The van der Waals surface area contributed by atoms with Gasteiger partial charge in [0.2, 0.25) is 11.9 Å². The molecule has 4 unspecified atom stereocenters. The number of amides is 1. The van der Waals surface area contributed by atoms with Crippen LogP contribution in [0.15, 0.2) is 42.9 Å². The van der Waals surface area contributed by atoms with E-state index >= 15 is 0 Å². The van der Waals surface area contributed by atoms with Gasteiger partial charge in [0.25, 0.3) is 0 Å². The number of benzene rings is 1. The number of carbonyl (C=O) groups excluding carboxylic acids is 1. The molecular formula is C22H26N6O4. The number of nitrogens with zero attached hydrogens (tertiary/aromatic N) is 5. The lowest BCUT2D eigenvalue weighted by Crippen LogP contribution is -2.32. The molecule has 0 bridgehead atoms. The second kappa shape index (κ2) is 8.45. The topological polar surface area (TPSA) is 137 Å². The fourth-order valence-corrected chi connectivity index (χ4v) is 4.81. The number of anilines is 1. The Hall–Kier alpha value is -3.08. The molecule has 1 saturated heterocycles. The molecule has 2 aromatic heterocycles. The van der Waals surface area contributed by atoms with Crippen molar-refractivity contribution < 1.29 is 20.1 Å². The number of fused-ring (bicyclic) bond motifs is 1. The Balaban J connectivity index is 1.40. The highest BCUT2D eigenvalue weighted by atomic mass is 16.3. The van der Waals surface area contributed by atoms with E-state index in [1.165, 1.54) is 6.33 Å². The lowest BCUT2D eigenvalue weighted by molar-refractivity contribution is -0.128. The third kappa shape index (κ3) is 3.70. The van der Waals surface area contributed by atoms with Crippen LogP contribution in [-0.4, -0.2) is 77.0 Å². The van der Waals surface area contributed by atoms with Crippen LogP contribution >= 0.6 is 0 Å². The maximum atomic E-state index is 12.6. The fraction of sp³-hybridized carbons (Fsp3) is 0.455. The van der Waals surface area contributed by atoms with Crippen molar-refractivity contribution >= 4 is 23.0 Å². The molecule has 5 rings (SSSR count). The van der Waals surface area contributed by atoms with E-state index in [1.54, 1.807) is 10.8 Å². The number of aromatic nitrogens is 4. The van der Waals surface area contributed by atoms with Crippen molar-refractivity contribution in [3.05, 3.63) is 48.4 Å². The zero-order chi connectivity index (χ0) is 22.2. The summed E-state index contributed by atoms with van der Waals surface area (Å²) < 4.78 is 1.77. The van der Waals surface area contributed by atoms with Gasteiger partial charge in [0.15, 0.2) is 5.65 Å². The second-order valence-electron chi connectivity index (χ2n) is 8.57. The lowest BCUT2D eigenvalue weighted by atomic mass is 10.1. The minimum absolute atomic E-state index is 0.0606. The maximum Gasteiger partial charge on any atom is 0.225 e. The Morgan fingerprint density at radius 1 is 1.16 bits per heavy atom. The monoisotopic (exact) mass is 438 g/mol. The molecule has 4 N–H and O–H groups in total. The van der Waals surface area contributed by atoms with Crippen molar-refractivity contribution in [1.82, 2.24) is 24.4 Å². The maximum absolute atomic E-state index is 12.6. The lowest BCUT2D eigenvalue weighted by Gasteiger charge is -2.22. The predicted octanol–water partition coefficient (Wildman–Crippen LogP) is 0.314. The van der Waals surface area contributed by atoms with Gasteiger partial charge in [0, 0.05) is 32.0 Å². The fourth-order valence-electron chi connectivity index (χ4n) is 4.81. The van der Waals surface area contributed by atoms with Crippen LogP contribution in [0.2, 0.25) is 0 Å². The van der Waals surface area contributed by atoms with Gasteiger partial charge in [0.05, 0.1) is 24.4 Å². The Morgan fingerprint density at radius 2 is 1.97 bits per heavy atom. The number of hydrogen-bond donors (Lipinski definition) is 4. The number of rotatable bonds is 6. The normalized spacial score (nSPS) is 28.0. The molecule has 32 heavy (non-hydrogen) atoms. The van der Waals surface area contributed by atoms with Gasteiger partial charge in [-0.25, -0.2) is 15.0 Å². The van der Waals surface area contributed by atoms with Crippen molar-refractivity contribution in [2.24, 2.45) is 5.92 Å². The molecule has 1 amide bonds. The van der Waals surface area contributed by atoms with E-state index in [0.717, 1.165) is 5.56 Å². The van der Waals surface area contributed by atoms with Crippen molar-refractivity contribution in [3.8, 4) is 0 Å². The summed E-state index contributed by atoms with van der Waals surface area (Å²) in [6.45, 7) is 0.855. The highest BCUT2D eigenvalue weighted by Crippen LogP contribution is 2.39. The third-order valence-corrected chi connectivity index (χ3v) is 6.46. The van der Waals surface area contributed by atoms with Gasteiger partial charge in [-0.15, -0.1) is 0 Å². The van der Waals surface area contributed by atoms with Crippen molar-refractivity contribution in [2.45, 2.75) is 43.7 Å². The molecule has 0 spiro atoms. The average Bonchev–Trinajstić information content (AvgIpc) is 3.42. The largest absolute Gasteiger partial charge is 0.396 e. The van der Waals surface area contributed by atoms with Gasteiger partial charge < -0.3 is 25.5 Å². The van der Waals surface area contributed by atoms with Crippen molar-refractivity contribution in [3.63, 3.8) is 0 Å². The second-order valence-corrected chi connectivity index (χ2v) is 8.57. The highest BCUT2D eigenvalue weighted by Gasteiger charge is 2.44. The van der Waals surface area contributed by atoms with Crippen LogP contribution in [0.25, 0.3) is 11.2 Å². The zero-order valence-corrected chi connectivity index (χ0v) is 17.4. The first-order valence-electron chi connectivity index (χ1n) is 10.8. The molecule has 10 heteroatoms. The molecule has 1 saturated carbocycles. The number of nitrogens with one attached hydrogen (secondary N) is 1. The van der Waals surface area contributed by atoms with Gasteiger partial charge in [-0.2, -0.15) is 0 Å². The Kier molecular flexibility index (Phi) is 5.50. The van der Waals surface area contributed by atoms with Crippen LogP contribution in [0.5, 0.6) is 0 Å². The standard InChI is InChI=1S/C22H26N6O4/c29-11-14-6-17(20(32)19(14)31)28-21-16(8-23-12-24-21)26-22(28)25-15-7-18(30)27(10-15)9-13-4-2-1-3-5-13/h1-5,8,12,14-15,17,19-20,29,31-32H,6-7,9-11H2,(H,25,26)/t14?,15-,17?,19?,20?/m0/s1. The van der Waals surface area contributed by atoms with E-state index in [2.05, 4.69) is 20.3 Å². The first-order valence-corrected chi connectivity index (χ1v) is 10.8.